The van der Waals surface area contributed by atoms with Crippen LogP contribution in [0.2, 0.25) is 5.02 Å². The molecule has 130 valence electrons. The number of urea groups is 1. The lowest BCUT2D eigenvalue weighted by Crippen LogP contribution is -2.49. The van der Waals surface area contributed by atoms with Crippen LogP contribution < -0.4 is 5.32 Å². The molecule has 0 aromatic heterocycles. The zero-order chi connectivity index (χ0) is 16.9. The highest BCUT2D eigenvalue weighted by Crippen LogP contribution is 2.20. The predicted molar refractivity (Wildman–Crippen MR) is 93.8 cm³/mol. The van der Waals surface area contributed by atoms with Crippen LogP contribution in [-0.2, 0) is 11.3 Å². The van der Waals surface area contributed by atoms with Crippen LogP contribution in [0.5, 0.6) is 0 Å². The molecule has 2 fully saturated rings. The Kier molecular flexibility index (Phi) is 5.61. The van der Waals surface area contributed by atoms with Gasteiger partial charge in [-0.15, -0.1) is 0 Å². The fourth-order valence-corrected chi connectivity index (χ4v) is 3.67. The Morgan fingerprint density at radius 2 is 1.88 bits per heavy atom. The van der Waals surface area contributed by atoms with Crippen LogP contribution in [0.4, 0.5) is 4.79 Å². The Bertz CT molecular complexity index is 602. The smallest absolute Gasteiger partial charge is 0.320 e. The van der Waals surface area contributed by atoms with Gasteiger partial charge in [0.15, 0.2) is 0 Å². The van der Waals surface area contributed by atoms with E-state index in [-0.39, 0.29) is 17.9 Å². The van der Waals surface area contributed by atoms with Crippen molar-refractivity contribution >= 4 is 23.5 Å². The normalized spacial score (nSPS) is 21.0. The van der Waals surface area contributed by atoms with Gasteiger partial charge in [-0.1, -0.05) is 23.7 Å². The lowest BCUT2D eigenvalue weighted by Gasteiger charge is -2.34. The molecule has 3 rings (SSSR count). The van der Waals surface area contributed by atoms with E-state index in [1.54, 1.807) is 0 Å². The average Bonchev–Trinajstić information content (AvgIpc) is 3.14. The first-order valence-electron chi connectivity index (χ1n) is 8.69. The van der Waals surface area contributed by atoms with Crippen LogP contribution in [-0.4, -0.2) is 47.9 Å². The molecule has 2 aliphatic rings. The lowest BCUT2D eigenvalue weighted by atomic mass is 9.97. The first kappa shape index (κ1) is 17.1. The first-order valence-corrected chi connectivity index (χ1v) is 9.07. The van der Waals surface area contributed by atoms with Gasteiger partial charge in [0.05, 0.1) is 5.92 Å². The molecule has 2 aliphatic heterocycles. The molecule has 5 nitrogen and oxygen atoms in total. The Morgan fingerprint density at radius 3 is 2.62 bits per heavy atom. The highest BCUT2D eigenvalue weighted by Gasteiger charge is 2.31. The molecule has 3 amide bonds. The monoisotopic (exact) mass is 349 g/mol. The highest BCUT2D eigenvalue weighted by atomic mass is 35.5. The summed E-state index contributed by atoms with van der Waals surface area (Å²) >= 11 is 5.96. The Labute approximate surface area is 147 Å². The molecule has 1 aromatic rings. The van der Waals surface area contributed by atoms with Gasteiger partial charge in [0, 0.05) is 37.7 Å². The quantitative estimate of drug-likeness (QED) is 0.912. The average molecular weight is 350 g/mol. The number of halogens is 1. The second kappa shape index (κ2) is 7.88. The van der Waals surface area contributed by atoms with Crippen molar-refractivity contribution in [1.82, 2.24) is 15.1 Å². The van der Waals surface area contributed by atoms with Crippen molar-refractivity contribution < 1.29 is 9.59 Å². The van der Waals surface area contributed by atoms with Crippen LogP contribution in [0, 0.1) is 5.92 Å². The van der Waals surface area contributed by atoms with Gasteiger partial charge in [0.1, 0.15) is 0 Å². The van der Waals surface area contributed by atoms with Crippen molar-refractivity contribution in [2.45, 2.75) is 32.2 Å². The summed E-state index contributed by atoms with van der Waals surface area (Å²) in [5.74, 6) is -0.0987. The lowest BCUT2D eigenvalue weighted by molar-refractivity contribution is -0.126. The minimum atomic E-state index is -0.121. The van der Waals surface area contributed by atoms with Gasteiger partial charge in [0.2, 0.25) is 5.91 Å². The SMILES string of the molecule is O=C(NCc1cccc(Cl)c1)[C@@H]1CCCN(C(=O)N2CCCC2)C1. The fourth-order valence-electron chi connectivity index (χ4n) is 3.45. The maximum atomic E-state index is 12.5. The maximum absolute atomic E-state index is 12.5. The van der Waals surface area contributed by atoms with Crippen molar-refractivity contribution in [2.75, 3.05) is 26.2 Å². The second-order valence-corrected chi connectivity index (χ2v) is 7.05. The van der Waals surface area contributed by atoms with Crippen LogP contribution in [0.25, 0.3) is 0 Å². The van der Waals surface area contributed by atoms with Gasteiger partial charge in [0.25, 0.3) is 0 Å². The number of rotatable bonds is 3. The summed E-state index contributed by atoms with van der Waals surface area (Å²) in [6.45, 7) is 3.45. The summed E-state index contributed by atoms with van der Waals surface area (Å²) in [6, 6.07) is 7.58. The summed E-state index contributed by atoms with van der Waals surface area (Å²) < 4.78 is 0. The summed E-state index contributed by atoms with van der Waals surface area (Å²) in [5.41, 5.74) is 0.983. The molecule has 1 atom stereocenters. The minimum Gasteiger partial charge on any atom is -0.352 e. The summed E-state index contributed by atoms with van der Waals surface area (Å²) in [4.78, 5) is 28.7. The molecule has 1 aromatic carbocycles. The molecule has 2 saturated heterocycles. The van der Waals surface area contributed by atoms with Crippen molar-refractivity contribution in [3.8, 4) is 0 Å². The molecule has 0 bridgehead atoms. The third-order valence-electron chi connectivity index (χ3n) is 4.80. The van der Waals surface area contributed by atoms with Gasteiger partial charge < -0.3 is 15.1 Å². The Balaban J connectivity index is 1.52. The molecule has 1 N–H and O–H groups in total. The van der Waals surface area contributed by atoms with E-state index in [1.165, 1.54) is 0 Å². The van der Waals surface area contributed by atoms with Crippen LogP contribution in [0.3, 0.4) is 0 Å². The molecule has 0 unspecified atom stereocenters. The molecular formula is C18H24ClN3O2. The number of hydrogen-bond donors (Lipinski definition) is 1. The number of carbonyl (C=O) groups excluding carboxylic acids is 2. The van der Waals surface area contributed by atoms with E-state index in [4.69, 9.17) is 11.6 Å². The third kappa shape index (κ3) is 4.20. The molecule has 2 heterocycles. The van der Waals surface area contributed by atoms with Crippen molar-refractivity contribution in [1.29, 1.82) is 0 Å². The topological polar surface area (TPSA) is 52.7 Å². The van der Waals surface area contributed by atoms with Crippen LogP contribution in [0.1, 0.15) is 31.2 Å². The second-order valence-electron chi connectivity index (χ2n) is 6.61. The van der Waals surface area contributed by atoms with Gasteiger partial charge in [-0.25, -0.2) is 4.79 Å². The van der Waals surface area contributed by atoms with E-state index in [0.717, 1.165) is 50.9 Å². The molecule has 24 heavy (non-hydrogen) atoms. The number of nitrogens with one attached hydrogen (secondary N) is 1. The van der Waals surface area contributed by atoms with Crippen molar-refractivity contribution in [2.24, 2.45) is 5.92 Å². The first-order chi connectivity index (χ1) is 11.6. The third-order valence-corrected chi connectivity index (χ3v) is 5.03. The van der Waals surface area contributed by atoms with Gasteiger partial charge in [-0.3, -0.25) is 4.79 Å². The molecule has 0 spiro atoms. The zero-order valence-corrected chi connectivity index (χ0v) is 14.6. The van der Waals surface area contributed by atoms with Crippen LogP contribution in [0.15, 0.2) is 24.3 Å². The maximum Gasteiger partial charge on any atom is 0.320 e. The summed E-state index contributed by atoms with van der Waals surface area (Å²) in [6.07, 6.45) is 3.90. The predicted octanol–water partition coefficient (Wildman–Crippen LogP) is 2.88. The van der Waals surface area contributed by atoms with E-state index < -0.39 is 0 Å². The molecule has 0 saturated carbocycles. The van der Waals surface area contributed by atoms with E-state index in [9.17, 15) is 9.59 Å². The van der Waals surface area contributed by atoms with Crippen LogP contribution >= 0.6 is 11.6 Å². The number of hydrogen-bond acceptors (Lipinski definition) is 2. The molecule has 0 radical (unpaired) electrons. The van der Waals surface area contributed by atoms with E-state index in [2.05, 4.69) is 5.32 Å². The number of piperidine rings is 1. The van der Waals surface area contributed by atoms with E-state index >= 15 is 0 Å². The van der Waals surface area contributed by atoms with Gasteiger partial charge in [-0.2, -0.15) is 0 Å². The number of likely N-dealkylation sites (tertiary alicyclic amines) is 2. The summed E-state index contributed by atoms with van der Waals surface area (Å²) in [7, 11) is 0. The number of amides is 3. The van der Waals surface area contributed by atoms with Gasteiger partial charge >= 0.3 is 6.03 Å². The number of carbonyl (C=O) groups is 2. The molecule has 6 heteroatoms. The minimum absolute atomic E-state index is 0.0221. The number of benzene rings is 1. The molecule has 0 aliphatic carbocycles. The standard InChI is InChI=1S/C18H24ClN3O2/c19-16-7-3-5-14(11-16)12-20-17(23)15-6-4-10-22(13-15)18(24)21-8-1-2-9-21/h3,5,7,11,15H,1-2,4,6,8-10,12-13H2,(H,20,23)/t15-/m1/s1. The Morgan fingerprint density at radius 1 is 1.12 bits per heavy atom. The number of nitrogens with zero attached hydrogens (tertiary/aromatic N) is 2. The molecular weight excluding hydrogens is 326 g/mol. The van der Waals surface area contributed by atoms with E-state index in [1.807, 2.05) is 34.1 Å². The van der Waals surface area contributed by atoms with Crippen molar-refractivity contribution in [3.63, 3.8) is 0 Å². The van der Waals surface area contributed by atoms with Gasteiger partial charge in [-0.05, 0) is 43.4 Å². The van der Waals surface area contributed by atoms with E-state index in [0.29, 0.717) is 18.1 Å². The Hall–Kier alpha value is -1.75. The fraction of sp³-hybridized carbons (Fsp3) is 0.556. The highest BCUT2D eigenvalue weighted by molar-refractivity contribution is 6.30. The van der Waals surface area contributed by atoms with Crippen molar-refractivity contribution in [3.05, 3.63) is 34.9 Å². The largest absolute Gasteiger partial charge is 0.352 e. The summed E-state index contributed by atoms with van der Waals surface area (Å²) in [5, 5.41) is 3.64. The zero-order valence-electron chi connectivity index (χ0n) is 13.8.